The lowest BCUT2D eigenvalue weighted by molar-refractivity contribution is 0.146. The lowest BCUT2D eigenvalue weighted by atomic mass is 10.0. The summed E-state index contributed by atoms with van der Waals surface area (Å²) in [5.41, 5.74) is 10.2. The highest BCUT2D eigenvalue weighted by Crippen LogP contribution is 2.37. The van der Waals surface area contributed by atoms with Gasteiger partial charge in [0.2, 0.25) is 0 Å². The van der Waals surface area contributed by atoms with Crippen molar-refractivity contribution in [2.24, 2.45) is 0 Å². The Labute approximate surface area is 214 Å². The highest BCUT2D eigenvalue weighted by atomic mass is 16.5. The molecule has 3 N–H and O–H groups in total. The van der Waals surface area contributed by atoms with Crippen LogP contribution in [0.2, 0.25) is 0 Å². The molecule has 0 spiro atoms. The van der Waals surface area contributed by atoms with Gasteiger partial charge < -0.3 is 30.0 Å². The lowest BCUT2D eigenvalue weighted by Crippen LogP contribution is -2.06. The van der Waals surface area contributed by atoms with E-state index in [0.717, 1.165) is 44.4 Å². The van der Waals surface area contributed by atoms with Gasteiger partial charge in [0, 0.05) is 41.9 Å². The number of benzene rings is 2. The second kappa shape index (κ2) is 10.5. The van der Waals surface area contributed by atoms with E-state index in [4.69, 9.17) is 24.7 Å². The fourth-order valence-electron chi connectivity index (χ4n) is 4.14. The SMILES string of the molecule is COCCOc1ccccc1Nc1cncc(-c2cc3c(cnc4cc(OC)c(OC)cc43)c(N)n2)c1. The Bertz CT molecular complexity index is 1570. The Hall–Kier alpha value is -4.63. The predicted molar refractivity (Wildman–Crippen MR) is 145 cm³/mol. The van der Waals surface area contributed by atoms with E-state index in [1.807, 2.05) is 48.5 Å². The summed E-state index contributed by atoms with van der Waals surface area (Å²) >= 11 is 0. The summed E-state index contributed by atoms with van der Waals surface area (Å²) in [5.74, 6) is 2.33. The van der Waals surface area contributed by atoms with E-state index in [9.17, 15) is 0 Å². The van der Waals surface area contributed by atoms with Gasteiger partial charge in [0.25, 0.3) is 0 Å². The van der Waals surface area contributed by atoms with Crippen molar-refractivity contribution in [1.82, 2.24) is 15.0 Å². The maximum atomic E-state index is 6.38. The van der Waals surface area contributed by atoms with Crippen LogP contribution in [0.5, 0.6) is 17.2 Å². The Morgan fingerprint density at radius 2 is 1.62 bits per heavy atom. The van der Waals surface area contributed by atoms with Crippen LogP contribution in [0.3, 0.4) is 0 Å². The van der Waals surface area contributed by atoms with Gasteiger partial charge in [-0.3, -0.25) is 9.97 Å². The number of hydrogen-bond donors (Lipinski definition) is 2. The molecule has 37 heavy (non-hydrogen) atoms. The first-order valence-electron chi connectivity index (χ1n) is 11.7. The minimum atomic E-state index is 0.381. The van der Waals surface area contributed by atoms with Gasteiger partial charge in [-0.25, -0.2) is 4.98 Å². The molecule has 0 radical (unpaired) electrons. The monoisotopic (exact) mass is 497 g/mol. The van der Waals surface area contributed by atoms with Crippen LogP contribution in [-0.4, -0.2) is 49.5 Å². The maximum Gasteiger partial charge on any atom is 0.162 e. The van der Waals surface area contributed by atoms with E-state index in [1.165, 1.54) is 0 Å². The number of ether oxygens (including phenoxy) is 4. The fraction of sp³-hybridized carbons (Fsp3) is 0.179. The number of pyridine rings is 3. The normalized spacial score (nSPS) is 11.0. The maximum absolute atomic E-state index is 6.38. The predicted octanol–water partition coefficient (Wildman–Crippen LogP) is 5.21. The van der Waals surface area contributed by atoms with E-state index >= 15 is 0 Å². The number of methoxy groups -OCH3 is 3. The van der Waals surface area contributed by atoms with Crippen molar-refractivity contribution in [3.63, 3.8) is 0 Å². The largest absolute Gasteiger partial charge is 0.493 e. The van der Waals surface area contributed by atoms with Crippen LogP contribution in [0.15, 0.2) is 67.1 Å². The van der Waals surface area contributed by atoms with E-state index in [2.05, 4.69) is 20.3 Å². The van der Waals surface area contributed by atoms with Crippen LogP contribution in [0.4, 0.5) is 17.2 Å². The van der Waals surface area contributed by atoms with Crippen molar-refractivity contribution >= 4 is 38.9 Å². The molecule has 5 rings (SSSR count). The standard InChI is InChI=1S/C28H27N5O4/c1-34-8-9-37-25-7-5-4-6-22(25)32-18-10-17(14-30-15-18)23-11-19-20-12-26(35-2)27(36-3)13-24(20)31-16-21(19)28(29)33-23/h4-7,10-16,32H,8-9H2,1-3H3,(H2,29,33). The highest BCUT2D eigenvalue weighted by Gasteiger charge is 2.14. The number of nitrogens with two attached hydrogens (primary N) is 1. The number of nitrogens with zero attached hydrogens (tertiary/aromatic N) is 3. The third-order valence-electron chi connectivity index (χ3n) is 5.96. The third kappa shape index (κ3) is 4.89. The Kier molecular flexibility index (Phi) is 6.87. The zero-order chi connectivity index (χ0) is 25.8. The molecule has 2 aromatic carbocycles. The molecule has 0 saturated carbocycles. The van der Waals surface area contributed by atoms with Crippen molar-refractivity contribution in [3.8, 4) is 28.5 Å². The van der Waals surface area contributed by atoms with Gasteiger partial charge in [-0.1, -0.05) is 12.1 Å². The Morgan fingerprint density at radius 1 is 0.811 bits per heavy atom. The number of nitrogen functional groups attached to an aromatic ring is 1. The first-order chi connectivity index (χ1) is 18.1. The molecule has 0 atom stereocenters. The smallest absolute Gasteiger partial charge is 0.162 e. The molecule has 3 heterocycles. The molecule has 0 aliphatic heterocycles. The summed E-state index contributed by atoms with van der Waals surface area (Å²) < 4.78 is 21.9. The number of anilines is 3. The first kappa shape index (κ1) is 24.1. The molecule has 0 aliphatic rings. The zero-order valence-corrected chi connectivity index (χ0v) is 20.8. The minimum Gasteiger partial charge on any atom is -0.493 e. The van der Waals surface area contributed by atoms with Crippen molar-refractivity contribution in [2.45, 2.75) is 0 Å². The molecule has 9 nitrogen and oxygen atoms in total. The summed E-state index contributed by atoms with van der Waals surface area (Å²) in [7, 11) is 4.85. The zero-order valence-electron chi connectivity index (χ0n) is 20.8. The number of para-hydroxylation sites is 2. The highest BCUT2D eigenvalue weighted by molar-refractivity contribution is 6.10. The van der Waals surface area contributed by atoms with Crippen LogP contribution in [-0.2, 0) is 4.74 Å². The van der Waals surface area contributed by atoms with Gasteiger partial charge in [0.15, 0.2) is 11.5 Å². The summed E-state index contributed by atoms with van der Waals surface area (Å²) in [6.45, 7) is 0.955. The van der Waals surface area contributed by atoms with Crippen molar-refractivity contribution in [2.75, 3.05) is 45.6 Å². The number of aromatic nitrogens is 3. The fourth-order valence-corrected chi connectivity index (χ4v) is 4.14. The summed E-state index contributed by atoms with van der Waals surface area (Å²) in [5, 5.41) is 5.94. The molecule has 188 valence electrons. The van der Waals surface area contributed by atoms with E-state index < -0.39 is 0 Å². The first-order valence-corrected chi connectivity index (χ1v) is 11.7. The molecular formula is C28H27N5O4. The van der Waals surface area contributed by atoms with Gasteiger partial charge in [0.05, 0.1) is 49.6 Å². The van der Waals surface area contributed by atoms with Crippen molar-refractivity contribution in [1.29, 1.82) is 0 Å². The number of nitrogens with one attached hydrogen (secondary N) is 1. The molecule has 5 aromatic rings. The topological polar surface area (TPSA) is 114 Å². The van der Waals surface area contributed by atoms with Crippen molar-refractivity contribution in [3.05, 3.63) is 67.1 Å². The average Bonchev–Trinajstić information content (AvgIpc) is 2.93. The summed E-state index contributed by atoms with van der Waals surface area (Å²) in [4.78, 5) is 13.6. The van der Waals surface area contributed by atoms with Gasteiger partial charge in [-0.05, 0) is 35.7 Å². The van der Waals surface area contributed by atoms with Crippen molar-refractivity contribution < 1.29 is 18.9 Å². The van der Waals surface area contributed by atoms with Gasteiger partial charge in [-0.15, -0.1) is 0 Å². The molecule has 0 bridgehead atoms. The van der Waals surface area contributed by atoms with Crippen LogP contribution in [0, 0.1) is 0 Å². The summed E-state index contributed by atoms with van der Waals surface area (Å²) in [6, 6.07) is 15.4. The molecule has 0 saturated heterocycles. The summed E-state index contributed by atoms with van der Waals surface area (Å²) in [6.07, 6.45) is 5.23. The average molecular weight is 498 g/mol. The van der Waals surface area contributed by atoms with Crippen LogP contribution in [0.25, 0.3) is 32.9 Å². The van der Waals surface area contributed by atoms with Gasteiger partial charge in [-0.2, -0.15) is 0 Å². The van der Waals surface area contributed by atoms with Crippen LogP contribution in [0.1, 0.15) is 0 Å². The Balaban J connectivity index is 1.54. The molecule has 0 aliphatic carbocycles. The molecule has 0 amide bonds. The molecule has 3 aromatic heterocycles. The second-order valence-corrected chi connectivity index (χ2v) is 8.26. The molecule has 9 heteroatoms. The lowest BCUT2D eigenvalue weighted by Gasteiger charge is -2.14. The van der Waals surface area contributed by atoms with Gasteiger partial charge >= 0.3 is 0 Å². The number of rotatable bonds is 9. The van der Waals surface area contributed by atoms with Crippen LogP contribution < -0.4 is 25.3 Å². The number of hydrogen-bond acceptors (Lipinski definition) is 9. The van der Waals surface area contributed by atoms with E-state index in [1.54, 1.807) is 39.9 Å². The minimum absolute atomic E-state index is 0.381. The number of fused-ring (bicyclic) bond motifs is 3. The van der Waals surface area contributed by atoms with E-state index in [0.29, 0.717) is 36.2 Å². The van der Waals surface area contributed by atoms with Crippen LogP contribution >= 0.6 is 0 Å². The third-order valence-corrected chi connectivity index (χ3v) is 5.96. The second-order valence-electron chi connectivity index (χ2n) is 8.26. The molecule has 0 unspecified atom stereocenters. The van der Waals surface area contributed by atoms with Gasteiger partial charge in [0.1, 0.15) is 18.2 Å². The molecule has 0 fully saturated rings. The Morgan fingerprint density at radius 3 is 2.43 bits per heavy atom. The van der Waals surface area contributed by atoms with E-state index in [-0.39, 0.29) is 0 Å². The quantitative estimate of drug-likeness (QED) is 0.209. The molecular weight excluding hydrogens is 470 g/mol.